The summed E-state index contributed by atoms with van der Waals surface area (Å²) in [5, 5.41) is 2.45. The molecule has 0 saturated carbocycles. The molecule has 288 valence electrons. The van der Waals surface area contributed by atoms with Crippen molar-refractivity contribution in [3.8, 4) is 50.2 Å². The maximum Gasteiger partial charge on any atom is 0.416 e. The van der Waals surface area contributed by atoms with Gasteiger partial charge in [-0.15, -0.1) is 0 Å². The van der Waals surface area contributed by atoms with Crippen LogP contribution in [0.15, 0.2) is 224 Å². The highest BCUT2D eigenvalue weighted by Crippen LogP contribution is 2.39. The van der Waals surface area contributed by atoms with E-state index in [9.17, 15) is 13.2 Å². The Hall–Kier alpha value is -7.63. The first-order chi connectivity index (χ1) is 29.4. The molecule has 0 aliphatic rings. The monoisotopic (exact) mass is 782 g/mol. The molecule has 0 bridgehead atoms. The van der Waals surface area contributed by atoms with E-state index in [2.05, 4.69) is 179 Å². The summed E-state index contributed by atoms with van der Waals surface area (Å²) in [6.07, 6.45) is -4.38. The Morgan fingerprint density at radius 1 is 0.317 bits per heavy atom. The average Bonchev–Trinajstić information content (AvgIpc) is 3.64. The van der Waals surface area contributed by atoms with E-state index < -0.39 is 11.7 Å². The van der Waals surface area contributed by atoms with Crippen molar-refractivity contribution in [2.75, 3.05) is 4.90 Å². The second-order valence-corrected chi connectivity index (χ2v) is 14.9. The highest BCUT2D eigenvalue weighted by Gasteiger charge is 2.30. The van der Waals surface area contributed by atoms with Gasteiger partial charge in [-0.05, 0) is 117 Å². The number of hydrogen-bond donors (Lipinski definition) is 0. The molecule has 0 radical (unpaired) electrons. The molecule has 0 N–H and O–H groups in total. The zero-order chi connectivity index (χ0) is 40.6. The van der Waals surface area contributed by atoms with Crippen LogP contribution in [-0.4, -0.2) is 4.57 Å². The van der Waals surface area contributed by atoms with Gasteiger partial charge in [-0.1, -0.05) is 152 Å². The summed E-state index contributed by atoms with van der Waals surface area (Å²) in [5.74, 6) is 0. The van der Waals surface area contributed by atoms with Gasteiger partial charge in [0.1, 0.15) is 0 Å². The van der Waals surface area contributed by atoms with E-state index in [4.69, 9.17) is 0 Å². The van der Waals surface area contributed by atoms with Gasteiger partial charge < -0.3 is 9.47 Å². The van der Waals surface area contributed by atoms with Crippen LogP contribution in [0.25, 0.3) is 72.0 Å². The lowest BCUT2D eigenvalue weighted by Crippen LogP contribution is -2.09. The lowest BCUT2D eigenvalue weighted by atomic mass is 10.00. The van der Waals surface area contributed by atoms with Crippen LogP contribution in [0.1, 0.15) is 5.56 Å². The van der Waals surface area contributed by atoms with Crippen molar-refractivity contribution >= 4 is 38.9 Å². The zero-order valence-corrected chi connectivity index (χ0v) is 32.4. The third-order valence-electron chi connectivity index (χ3n) is 11.3. The van der Waals surface area contributed by atoms with Crippen molar-refractivity contribution in [2.24, 2.45) is 0 Å². The Labute approximate surface area is 346 Å². The summed E-state index contributed by atoms with van der Waals surface area (Å²) in [7, 11) is 0. The smallest absolute Gasteiger partial charge is 0.311 e. The van der Waals surface area contributed by atoms with E-state index in [0.29, 0.717) is 0 Å². The summed E-state index contributed by atoms with van der Waals surface area (Å²) in [6.45, 7) is 0. The lowest BCUT2D eigenvalue weighted by molar-refractivity contribution is -0.137. The third-order valence-corrected chi connectivity index (χ3v) is 11.3. The summed E-state index contributed by atoms with van der Waals surface area (Å²) >= 11 is 0. The fraction of sp³-hybridized carbons (Fsp3) is 0.0182. The fourth-order valence-electron chi connectivity index (χ4n) is 8.22. The number of alkyl halides is 3. The van der Waals surface area contributed by atoms with Crippen molar-refractivity contribution in [1.82, 2.24) is 4.57 Å². The van der Waals surface area contributed by atoms with Crippen LogP contribution in [0, 0.1) is 0 Å². The molecule has 0 amide bonds. The van der Waals surface area contributed by atoms with E-state index in [-0.39, 0.29) is 0 Å². The molecule has 9 aromatic carbocycles. The number of hydrogen-bond acceptors (Lipinski definition) is 1. The normalized spacial score (nSPS) is 11.6. The predicted octanol–water partition coefficient (Wildman–Crippen LogP) is 15.9. The Balaban J connectivity index is 0.990. The molecule has 5 heteroatoms. The molecule has 0 aliphatic carbocycles. The molecule has 1 aromatic heterocycles. The van der Waals surface area contributed by atoms with Gasteiger partial charge in [-0.3, -0.25) is 0 Å². The van der Waals surface area contributed by atoms with Crippen LogP contribution in [0.4, 0.5) is 30.2 Å². The van der Waals surface area contributed by atoms with Crippen LogP contribution in [0.2, 0.25) is 0 Å². The Kier molecular flexibility index (Phi) is 9.34. The topological polar surface area (TPSA) is 8.17 Å². The second kappa shape index (κ2) is 15.3. The number of fused-ring (bicyclic) bond motifs is 3. The molecule has 0 fully saturated rings. The lowest BCUT2D eigenvalue weighted by Gasteiger charge is -2.26. The van der Waals surface area contributed by atoms with Gasteiger partial charge in [0.25, 0.3) is 0 Å². The van der Waals surface area contributed by atoms with Crippen molar-refractivity contribution in [1.29, 1.82) is 0 Å². The van der Waals surface area contributed by atoms with E-state index >= 15 is 0 Å². The van der Waals surface area contributed by atoms with Crippen LogP contribution in [0.5, 0.6) is 0 Å². The SMILES string of the molecule is FC(F)(F)c1ccc(-c2ccc(N(c3ccc(-c4ccc(-c5ccccc5)cc4)cc3)c3ccc(-c4cccc(-n5c6ccccc6c6ccccc65)c4)cc3)cc2)cc1. The number of halogens is 3. The number of para-hydroxylation sites is 2. The minimum Gasteiger partial charge on any atom is -0.311 e. The van der Waals surface area contributed by atoms with Gasteiger partial charge in [0.15, 0.2) is 0 Å². The fourth-order valence-corrected chi connectivity index (χ4v) is 8.22. The first-order valence-corrected chi connectivity index (χ1v) is 19.9. The number of anilines is 3. The number of nitrogens with zero attached hydrogens (tertiary/aromatic N) is 2. The van der Waals surface area contributed by atoms with Gasteiger partial charge in [0, 0.05) is 33.5 Å². The number of aromatic nitrogens is 1. The van der Waals surface area contributed by atoms with Gasteiger partial charge in [0.05, 0.1) is 16.6 Å². The molecule has 10 rings (SSSR count). The van der Waals surface area contributed by atoms with E-state index in [0.717, 1.165) is 68.3 Å². The Morgan fingerprint density at radius 2 is 0.667 bits per heavy atom. The molecule has 0 aliphatic heterocycles. The molecular weight excluding hydrogens is 746 g/mol. The van der Waals surface area contributed by atoms with E-state index in [1.807, 2.05) is 30.3 Å². The zero-order valence-electron chi connectivity index (χ0n) is 32.4. The maximum absolute atomic E-state index is 13.3. The van der Waals surface area contributed by atoms with Crippen molar-refractivity contribution < 1.29 is 13.2 Å². The molecule has 0 saturated heterocycles. The third kappa shape index (κ3) is 7.01. The highest BCUT2D eigenvalue weighted by atomic mass is 19.4. The molecule has 0 spiro atoms. The van der Waals surface area contributed by atoms with Gasteiger partial charge >= 0.3 is 6.18 Å². The van der Waals surface area contributed by atoms with Gasteiger partial charge in [-0.25, -0.2) is 0 Å². The van der Waals surface area contributed by atoms with Crippen molar-refractivity contribution in [2.45, 2.75) is 6.18 Å². The summed E-state index contributed by atoms with van der Waals surface area (Å²) in [4.78, 5) is 2.21. The predicted molar refractivity (Wildman–Crippen MR) is 242 cm³/mol. The standard InChI is InChI=1S/C55H37F3N2/c56-55(57,58)46-29-21-41(22-30-46)43-25-33-48(34-26-43)59(47-31-23-42(24-32-47)40-19-17-39(18-20-40)38-9-2-1-3-10-38)49-35-27-44(28-36-49)45-11-8-12-50(37-45)60-53-15-6-4-13-51(53)52-14-5-7-16-54(52)60/h1-37H. The molecule has 1 heterocycles. The highest BCUT2D eigenvalue weighted by molar-refractivity contribution is 6.09. The number of rotatable bonds is 8. The molecule has 2 nitrogen and oxygen atoms in total. The van der Waals surface area contributed by atoms with E-state index in [1.165, 1.54) is 45.1 Å². The average molecular weight is 783 g/mol. The van der Waals surface area contributed by atoms with Crippen LogP contribution >= 0.6 is 0 Å². The molecular formula is C55H37F3N2. The van der Waals surface area contributed by atoms with Gasteiger partial charge in [0.2, 0.25) is 0 Å². The summed E-state index contributed by atoms with van der Waals surface area (Å²) < 4.78 is 42.2. The number of benzene rings is 9. The minimum atomic E-state index is -4.38. The first-order valence-electron chi connectivity index (χ1n) is 19.9. The second-order valence-electron chi connectivity index (χ2n) is 14.9. The molecule has 10 aromatic rings. The Bertz CT molecular complexity index is 3020. The first kappa shape index (κ1) is 36.7. The largest absolute Gasteiger partial charge is 0.416 e. The van der Waals surface area contributed by atoms with Crippen molar-refractivity contribution in [3.05, 3.63) is 230 Å². The maximum atomic E-state index is 13.3. The van der Waals surface area contributed by atoms with Crippen LogP contribution in [-0.2, 0) is 6.18 Å². The van der Waals surface area contributed by atoms with Crippen molar-refractivity contribution in [3.63, 3.8) is 0 Å². The Morgan fingerprint density at radius 3 is 1.12 bits per heavy atom. The molecule has 60 heavy (non-hydrogen) atoms. The summed E-state index contributed by atoms with van der Waals surface area (Å²) in [6, 6.07) is 75.2. The quantitative estimate of drug-likeness (QED) is 0.149. The molecule has 0 atom stereocenters. The van der Waals surface area contributed by atoms with Crippen LogP contribution < -0.4 is 4.90 Å². The summed E-state index contributed by atoms with van der Waals surface area (Å²) in [5.41, 5.74) is 14.0. The molecule has 0 unspecified atom stereocenters. The minimum absolute atomic E-state index is 0.661. The van der Waals surface area contributed by atoms with Gasteiger partial charge in [-0.2, -0.15) is 13.2 Å². The van der Waals surface area contributed by atoms with E-state index in [1.54, 1.807) is 0 Å². The van der Waals surface area contributed by atoms with Crippen LogP contribution in [0.3, 0.4) is 0 Å².